The second kappa shape index (κ2) is 18.0. The Morgan fingerprint density at radius 2 is 1.51 bits per heavy atom. The summed E-state index contributed by atoms with van der Waals surface area (Å²) >= 11 is 6.07. The first-order valence-corrected chi connectivity index (χ1v) is 14.5. The van der Waals surface area contributed by atoms with Crippen LogP contribution >= 0.6 is 11.6 Å². The molecule has 0 aliphatic heterocycles. The summed E-state index contributed by atoms with van der Waals surface area (Å²) < 4.78 is 4.88. The molecule has 0 radical (unpaired) electrons. The number of nitrogens with zero attached hydrogens (tertiary/aromatic N) is 1. The van der Waals surface area contributed by atoms with Crippen molar-refractivity contribution in [1.82, 2.24) is 10.3 Å². The van der Waals surface area contributed by atoms with Gasteiger partial charge in [0.2, 0.25) is 0 Å². The van der Waals surface area contributed by atoms with E-state index in [9.17, 15) is 9.59 Å². The Hall–Kier alpha value is -2.44. The Bertz CT molecular complexity index is 1020. The number of ether oxygens (including phenoxy) is 1. The van der Waals surface area contributed by atoms with Gasteiger partial charge in [-0.3, -0.25) is 9.59 Å². The zero-order valence-corrected chi connectivity index (χ0v) is 26.8. The van der Waals surface area contributed by atoms with Crippen molar-refractivity contribution in [3.8, 4) is 11.1 Å². The minimum absolute atomic E-state index is 0.0938. The zero-order valence-electron chi connectivity index (χ0n) is 26.0. The van der Waals surface area contributed by atoms with Gasteiger partial charge in [-0.2, -0.15) is 0 Å². The number of hydrogen-bond donors (Lipinski definition) is 2. The number of halogens is 1. The molecule has 2 N–H and O–H groups in total. The summed E-state index contributed by atoms with van der Waals surface area (Å²) in [6, 6.07) is 7.59. The smallest absolute Gasteiger partial charge is 0.310 e. The highest BCUT2D eigenvalue weighted by Crippen LogP contribution is 2.33. The topological polar surface area (TPSA) is 88.5 Å². The molecular weight excluding hydrogens is 512 g/mol. The second-order valence-corrected chi connectivity index (χ2v) is 10.8. The number of carbonyl (C=O) groups is 2. The number of hydrogen-bond acceptors (Lipinski definition) is 5. The lowest BCUT2D eigenvalue weighted by atomic mass is 9.87. The van der Waals surface area contributed by atoms with E-state index in [0.717, 1.165) is 53.9 Å². The van der Waals surface area contributed by atoms with E-state index in [1.54, 1.807) is 32.9 Å². The number of rotatable bonds is 5. The molecule has 1 amide bonds. The van der Waals surface area contributed by atoms with Crippen molar-refractivity contribution < 1.29 is 19.4 Å². The molecular formula is C32H51ClN2O4. The van der Waals surface area contributed by atoms with Crippen molar-refractivity contribution in [2.75, 3.05) is 7.11 Å². The van der Waals surface area contributed by atoms with E-state index in [4.69, 9.17) is 21.4 Å². The molecule has 3 rings (SSSR count). The number of benzene rings is 1. The van der Waals surface area contributed by atoms with Crippen LogP contribution < -0.4 is 5.32 Å². The van der Waals surface area contributed by atoms with E-state index in [-0.39, 0.29) is 24.3 Å². The molecule has 7 heteroatoms. The number of aryl methyl sites for hydroxylation is 1. The van der Waals surface area contributed by atoms with Gasteiger partial charge in [-0.15, -0.1) is 0 Å². The maximum Gasteiger partial charge on any atom is 0.310 e. The third-order valence-electron chi connectivity index (χ3n) is 6.00. The Labute approximate surface area is 241 Å². The lowest BCUT2D eigenvalue weighted by molar-refractivity contribution is -0.139. The van der Waals surface area contributed by atoms with Crippen LogP contribution in [-0.4, -0.2) is 40.7 Å². The van der Waals surface area contributed by atoms with Crippen molar-refractivity contribution in [2.45, 2.75) is 113 Å². The quantitative estimate of drug-likeness (QED) is 0.362. The maximum atomic E-state index is 13.1. The monoisotopic (exact) mass is 562 g/mol. The third-order valence-corrected chi connectivity index (χ3v) is 6.25. The van der Waals surface area contributed by atoms with Crippen LogP contribution in [0.4, 0.5) is 0 Å². The van der Waals surface area contributed by atoms with Crippen LogP contribution in [0.3, 0.4) is 0 Å². The highest BCUT2D eigenvalue weighted by molar-refractivity contribution is 6.30. The summed E-state index contributed by atoms with van der Waals surface area (Å²) in [5.74, 6) is 0.215. The molecule has 0 atom stereocenters. The standard InChI is InChI=1S/C24H29ClN2O3.C4H10O.2C2H6/c1-14-5-11-19(12-6-14)27-24(29)23-15(2)22(17-7-9-18(25)10-8-17)20(16(3)26-23)13-21(28)30-4;1-4(2,3)5;2*1-2/h7-10,14,19H,5-6,11-13H2,1-4H3,(H,27,29);5H,1-3H3;2*1-2H3. The lowest BCUT2D eigenvalue weighted by Gasteiger charge is -2.27. The highest BCUT2D eigenvalue weighted by atomic mass is 35.5. The molecule has 1 aromatic heterocycles. The Morgan fingerprint density at radius 1 is 1.03 bits per heavy atom. The predicted molar refractivity (Wildman–Crippen MR) is 163 cm³/mol. The van der Waals surface area contributed by atoms with Crippen molar-refractivity contribution >= 4 is 23.5 Å². The molecule has 0 spiro atoms. The van der Waals surface area contributed by atoms with Crippen molar-refractivity contribution in [1.29, 1.82) is 0 Å². The number of nitrogens with one attached hydrogen (secondary N) is 1. The number of pyridine rings is 1. The van der Waals surface area contributed by atoms with Gasteiger partial charge in [0, 0.05) is 16.8 Å². The van der Waals surface area contributed by atoms with Gasteiger partial charge in [-0.1, -0.05) is 58.4 Å². The van der Waals surface area contributed by atoms with E-state index in [1.165, 1.54) is 7.11 Å². The van der Waals surface area contributed by atoms with E-state index in [1.807, 2.05) is 53.7 Å². The van der Waals surface area contributed by atoms with E-state index < -0.39 is 5.60 Å². The third kappa shape index (κ3) is 13.0. The van der Waals surface area contributed by atoms with E-state index in [2.05, 4.69) is 17.2 Å². The van der Waals surface area contributed by atoms with Crippen LogP contribution in [0.15, 0.2) is 24.3 Å². The molecule has 1 fully saturated rings. The van der Waals surface area contributed by atoms with Gasteiger partial charge in [-0.05, 0) is 101 Å². The average molecular weight is 563 g/mol. The molecule has 2 aromatic rings. The van der Waals surface area contributed by atoms with E-state index in [0.29, 0.717) is 16.4 Å². The molecule has 39 heavy (non-hydrogen) atoms. The molecule has 1 aliphatic carbocycles. The second-order valence-electron chi connectivity index (χ2n) is 10.4. The predicted octanol–water partition coefficient (Wildman–Crippen LogP) is 7.87. The number of carbonyl (C=O) groups excluding carboxylic acids is 2. The van der Waals surface area contributed by atoms with Crippen molar-refractivity contribution in [2.24, 2.45) is 5.92 Å². The molecule has 1 heterocycles. The fourth-order valence-corrected chi connectivity index (χ4v) is 4.29. The summed E-state index contributed by atoms with van der Waals surface area (Å²) in [6.45, 7) is 19.2. The SMILES string of the molecule is CC.CC.CC(C)(C)O.COC(=O)Cc1c(C)nc(C(=O)NC2CCC(C)CC2)c(C)c1-c1ccc(Cl)cc1. The summed E-state index contributed by atoms with van der Waals surface area (Å²) in [4.78, 5) is 29.7. The van der Waals surface area contributed by atoms with Gasteiger partial charge in [-0.25, -0.2) is 4.98 Å². The average Bonchev–Trinajstić information content (AvgIpc) is 2.89. The summed E-state index contributed by atoms with van der Waals surface area (Å²) in [5, 5.41) is 12.3. The van der Waals surface area contributed by atoms with Gasteiger partial charge in [0.15, 0.2) is 0 Å². The summed E-state index contributed by atoms with van der Waals surface area (Å²) in [5.41, 5.74) is 3.81. The normalized spacial score (nSPS) is 16.2. The van der Waals surface area contributed by atoms with E-state index >= 15 is 0 Å². The van der Waals surface area contributed by atoms with Gasteiger partial charge in [0.25, 0.3) is 5.91 Å². The first kappa shape index (κ1) is 36.6. The summed E-state index contributed by atoms with van der Waals surface area (Å²) in [6.07, 6.45) is 4.34. The molecule has 6 nitrogen and oxygen atoms in total. The molecule has 0 unspecified atom stereocenters. The molecule has 220 valence electrons. The number of amides is 1. The fraction of sp³-hybridized carbons (Fsp3) is 0.594. The lowest BCUT2D eigenvalue weighted by Crippen LogP contribution is -2.38. The van der Waals surface area contributed by atoms with Crippen LogP contribution in [0, 0.1) is 19.8 Å². The highest BCUT2D eigenvalue weighted by Gasteiger charge is 2.25. The molecule has 1 saturated carbocycles. The van der Waals surface area contributed by atoms with Crippen molar-refractivity contribution in [3.63, 3.8) is 0 Å². The largest absolute Gasteiger partial charge is 0.469 e. The number of esters is 1. The van der Waals surface area contributed by atoms with Gasteiger partial charge in [0.05, 0.1) is 19.1 Å². The maximum absolute atomic E-state index is 13.1. The molecule has 0 bridgehead atoms. The van der Waals surface area contributed by atoms with Gasteiger partial charge < -0.3 is 15.2 Å². The van der Waals surface area contributed by atoms with Crippen LogP contribution in [0.5, 0.6) is 0 Å². The molecule has 0 saturated heterocycles. The minimum atomic E-state index is -0.500. The van der Waals surface area contributed by atoms with Crippen LogP contribution in [-0.2, 0) is 16.0 Å². The van der Waals surface area contributed by atoms with Crippen LogP contribution in [0.25, 0.3) is 11.1 Å². The molecule has 1 aliphatic rings. The van der Waals surface area contributed by atoms with Crippen molar-refractivity contribution in [3.05, 3.63) is 51.8 Å². The first-order chi connectivity index (χ1) is 18.3. The fourth-order valence-electron chi connectivity index (χ4n) is 4.16. The van der Waals surface area contributed by atoms with Crippen LogP contribution in [0.1, 0.15) is 108 Å². The summed E-state index contributed by atoms with van der Waals surface area (Å²) in [7, 11) is 1.37. The van der Waals surface area contributed by atoms with Gasteiger partial charge in [0.1, 0.15) is 5.69 Å². The van der Waals surface area contributed by atoms with Gasteiger partial charge >= 0.3 is 5.97 Å². The Kier molecular flexibility index (Phi) is 16.9. The number of aliphatic hydroxyl groups is 1. The zero-order chi connectivity index (χ0) is 30.3. The van der Waals surface area contributed by atoms with Crippen LogP contribution in [0.2, 0.25) is 5.02 Å². The minimum Gasteiger partial charge on any atom is -0.469 e. The Balaban J connectivity index is 0.00000142. The number of methoxy groups -OCH3 is 1. The molecule has 1 aromatic carbocycles. The first-order valence-electron chi connectivity index (χ1n) is 14.2. The Morgan fingerprint density at radius 3 is 1.97 bits per heavy atom. The number of aromatic nitrogens is 1.